The van der Waals surface area contributed by atoms with E-state index in [-0.39, 0.29) is 23.5 Å². The molecule has 1 fully saturated rings. The lowest BCUT2D eigenvalue weighted by molar-refractivity contribution is -0.119. The van der Waals surface area contributed by atoms with Crippen LogP contribution in [0.4, 0.5) is 5.69 Å². The Morgan fingerprint density at radius 2 is 2.00 bits per heavy atom. The smallest absolute Gasteiger partial charge is 0.241 e. The van der Waals surface area contributed by atoms with E-state index < -0.39 is 9.84 Å². The number of para-hydroxylation sites is 1. The van der Waals surface area contributed by atoms with Crippen LogP contribution in [0.2, 0.25) is 0 Å². The minimum Gasteiger partial charge on any atom is -0.310 e. The summed E-state index contributed by atoms with van der Waals surface area (Å²) < 4.78 is 25.7. The van der Waals surface area contributed by atoms with Gasteiger partial charge in [-0.1, -0.05) is 19.1 Å². The number of amides is 1. The third kappa shape index (κ3) is 4.89. The number of benzene rings is 1. The number of nitrogens with zero attached hydrogens (tertiary/aromatic N) is 4. The molecule has 0 radical (unpaired) electrons. The van der Waals surface area contributed by atoms with Gasteiger partial charge < -0.3 is 4.90 Å². The van der Waals surface area contributed by atoms with E-state index in [9.17, 15) is 13.2 Å². The summed E-state index contributed by atoms with van der Waals surface area (Å²) >= 11 is 1.83. The average molecular weight is 477 g/mol. The summed E-state index contributed by atoms with van der Waals surface area (Å²) in [6.07, 6.45) is 1.58. The van der Waals surface area contributed by atoms with Crippen LogP contribution in [0.25, 0.3) is 0 Å². The summed E-state index contributed by atoms with van der Waals surface area (Å²) in [5.74, 6) is 0.487. The highest BCUT2D eigenvalue weighted by Gasteiger charge is 2.32. The maximum atomic E-state index is 13.3. The predicted octanol–water partition coefficient (Wildman–Crippen LogP) is 3.21. The van der Waals surface area contributed by atoms with Crippen molar-refractivity contribution in [3.05, 3.63) is 41.2 Å². The van der Waals surface area contributed by atoms with Crippen LogP contribution in [-0.4, -0.2) is 65.9 Å². The number of thioether (sulfide) groups is 1. The Morgan fingerprint density at radius 1 is 1.25 bits per heavy atom. The van der Waals surface area contributed by atoms with E-state index in [0.29, 0.717) is 24.8 Å². The molecule has 9 heteroatoms. The number of fused-ring (bicyclic) bond motifs is 1. The van der Waals surface area contributed by atoms with Crippen molar-refractivity contribution in [3.8, 4) is 0 Å². The van der Waals surface area contributed by atoms with Gasteiger partial charge in [0.2, 0.25) is 5.91 Å². The monoisotopic (exact) mass is 476 g/mol. The lowest BCUT2D eigenvalue weighted by atomic mass is 10.1. The molecule has 2 aliphatic rings. The minimum absolute atomic E-state index is 0.0903. The van der Waals surface area contributed by atoms with E-state index >= 15 is 0 Å². The topological polar surface area (TPSA) is 75.5 Å². The van der Waals surface area contributed by atoms with E-state index in [1.54, 1.807) is 0 Å². The van der Waals surface area contributed by atoms with Gasteiger partial charge in [0.15, 0.2) is 9.84 Å². The van der Waals surface area contributed by atoms with Crippen LogP contribution in [-0.2, 0) is 21.2 Å². The second-order valence-electron chi connectivity index (χ2n) is 9.05. The summed E-state index contributed by atoms with van der Waals surface area (Å²) in [7, 11) is -1.02. The molecule has 4 rings (SSSR count). The largest absolute Gasteiger partial charge is 0.310 e. The molecule has 2 aromatic rings. The Hall–Kier alpha value is -1.84. The van der Waals surface area contributed by atoms with Crippen molar-refractivity contribution in [2.45, 2.75) is 56.3 Å². The van der Waals surface area contributed by atoms with Crippen molar-refractivity contribution in [2.75, 3.05) is 36.5 Å². The predicted molar refractivity (Wildman–Crippen MR) is 129 cm³/mol. The van der Waals surface area contributed by atoms with Crippen molar-refractivity contribution in [2.24, 2.45) is 0 Å². The van der Waals surface area contributed by atoms with Crippen LogP contribution in [0.5, 0.6) is 0 Å². The Labute approximate surface area is 195 Å². The first-order chi connectivity index (χ1) is 15.1. The zero-order valence-electron chi connectivity index (χ0n) is 19.2. The van der Waals surface area contributed by atoms with E-state index in [1.807, 2.05) is 65.3 Å². The van der Waals surface area contributed by atoms with Crippen LogP contribution >= 0.6 is 11.8 Å². The average Bonchev–Trinajstić information content (AvgIpc) is 3.15. The summed E-state index contributed by atoms with van der Waals surface area (Å²) in [6, 6.07) is 8.05. The molecular weight excluding hydrogens is 444 g/mol. The van der Waals surface area contributed by atoms with Gasteiger partial charge in [0.1, 0.15) is 0 Å². The highest BCUT2D eigenvalue weighted by atomic mass is 32.2. The zero-order chi connectivity index (χ0) is 23.0. The number of hydrogen-bond donors (Lipinski definition) is 0. The maximum absolute atomic E-state index is 13.3. The highest BCUT2D eigenvalue weighted by molar-refractivity contribution is 8.00. The van der Waals surface area contributed by atoms with Crippen molar-refractivity contribution >= 4 is 33.2 Å². The minimum atomic E-state index is -2.97. The highest BCUT2D eigenvalue weighted by Crippen LogP contribution is 2.37. The first-order valence-electron chi connectivity index (χ1n) is 11.1. The fourth-order valence-electron chi connectivity index (χ4n) is 4.64. The molecule has 1 amide bonds. The maximum Gasteiger partial charge on any atom is 0.241 e. The molecule has 1 aromatic heterocycles. The molecule has 1 saturated heterocycles. The van der Waals surface area contributed by atoms with Gasteiger partial charge in [-0.05, 0) is 45.9 Å². The number of carbonyl (C=O) groups excluding carboxylic acids is 1. The summed E-state index contributed by atoms with van der Waals surface area (Å²) in [5.41, 5.74) is 3.97. The molecule has 2 aliphatic heterocycles. The second-order valence-corrected chi connectivity index (χ2v) is 12.8. The molecule has 7 nitrogen and oxygen atoms in total. The second kappa shape index (κ2) is 9.19. The van der Waals surface area contributed by atoms with Gasteiger partial charge >= 0.3 is 0 Å². The van der Waals surface area contributed by atoms with Gasteiger partial charge in [-0.2, -0.15) is 5.10 Å². The number of rotatable bonds is 5. The number of carbonyl (C=O) groups is 1. The first-order valence-corrected chi connectivity index (χ1v) is 13.8. The Bertz CT molecular complexity index is 1110. The van der Waals surface area contributed by atoms with Crippen molar-refractivity contribution in [3.63, 3.8) is 0 Å². The molecule has 0 saturated carbocycles. The van der Waals surface area contributed by atoms with E-state index in [2.05, 4.69) is 18.1 Å². The SMILES string of the molecule is Cc1nn(C2CCS(=O)(=O)C2)c(C)c1CN(C)CC(=O)N1CCC(C)Sc2ccccc21. The lowest BCUT2D eigenvalue weighted by Crippen LogP contribution is -2.39. The summed E-state index contributed by atoms with van der Waals surface area (Å²) in [5, 5.41) is 5.13. The van der Waals surface area contributed by atoms with Gasteiger partial charge in [0.05, 0.1) is 35.5 Å². The van der Waals surface area contributed by atoms with E-state index in [1.165, 1.54) is 0 Å². The third-order valence-corrected chi connectivity index (χ3v) is 9.39. The van der Waals surface area contributed by atoms with E-state index in [0.717, 1.165) is 40.5 Å². The normalized spacial score (nSPS) is 22.7. The number of hydrogen-bond acceptors (Lipinski definition) is 6. The summed E-state index contributed by atoms with van der Waals surface area (Å²) in [6.45, 7) is 7.81. The Balaban J connectivity index is 1.46. The molecule has 32 heavy (non-hydrogen) atoms. The molecule has 3 heterocycles. The molecule has 0 aliphatic carbocycles. The van der Waals surface area contributed by atoms with Crippen LogP contribution in [0.1, 0.15) is 42.8 Å². The first kappa shape index (κ1) is 23.3. The van der Waals surface area contributed by atoms with Crippen molar-refractivity contribution in [1.82, 2.24) is 14.7 Å². The number of aromatic nitrogens is 2. The van der Waals surface area contributed by atoms with E-state index in [4.69, 9.17) is 0 Å². The lowest BCUT2D eigenvalue weighted by Gasteiger charge is -2.25. The molecule has 0 spiro atoms. The van der Waals surface area contributed by atoms with Crippen LogP contribution in [0.3, 0.4) is 0 Å². The molecule has 0 N–H and O–H groups in total. The van der Waals surface area contributed by atoms with Crippen LogP contribution in [0.15, 0.2) is 29.2 Å². The fourth-order valence-corrected chi connectivity index (χ4v) is 7.44. The van der Waals surface area contributed by atoms with Gasteiger partial charge in [0.25, 0.3) is 0 Å². The quantitative estimate of drug-likeness (QED) is 0.660. The standard InChI is InChI=1S/C23H32N4O3S2/c1-16-9-11-26(21-7-5-6-8-22(21)31-16)23(28)14-25(4)13-20-17(2)24-27(18(20)3)19-10-12-32(29,30)15-19/h5-8,16,19H,9-15H2,1-4H3. The fraction of sp³-hybridized carbons (Fsp3) is 0.565. The van der Waals surface area contributed by atoms with Crippen molar-refractivity contribution < 1.29 is 13.2 Å². The molecular formula is C23H32N4O3S2. The number of sulfone groups is 1. The number of aryl methyl sites for hydroxylation is 1. The third-order valence-electron chi connectivity index (χ3n) is 6.41. The summed E-state index contributed by atoms with van der Waals surface area (Å²) in [4.78, 5) is 18.4. The van der Waals surface area contributed by atoms with Gasteiger partial charge in [-0.15, -0.1) is 11.8 Å². The molecule has 2 atom stereocenters. The Morgan fingerprint density at radius 3 is 2.72 bits per heavy atom. The Kier molecular flexibility index (Phi) is 6.70. The van der Waals surface area contributed by atoms with Gasteiger partial charge in [-0.3, -0.25) is 14.4 Å². The zero-order valence-corrected chi connectivity index (χ0v) is 20.9. The van der Waals surface area contributed by atoms with Gasteiger partial charge in [0, 0.05) is 34.5 Å². The number of likely N-dealkylation sites (N-methyl/N-ethyl adjacent to an activating group) is 1. The van der Waals surface area contributed by atoms with Crippen LogP contribution in [0, 0.1) is 13.8 Å². The van der Waals surface area contributed by atoms with Gasteiger partial charge in [-0.25, -0.2) is 8.42 Å². The molecule has 174 valence electrons. The number of anilines is 1. The molecule has 0 bridgehead atoms. The molecule has 1 aromatic carbocycles. The molecule has 2 unspecified atom stereocenters. The van der Waals surface area contributed by atoms with Crippen LogP contribution < -0.4 is 4.90 Å². The van der Waals surface area contributed by atoms with Crippen molar-refractivity contribution in [1.29, 1.82) is 0 Å².